The highest BCUT2D eigenvalue weighted by molar-refractivity contribution is 7.71. The minimum Gasteiger partial charge on any atom is -0.379 e. The molecule has 2 aromatic rings. The van der Waals surface area contributed by atoms with Crippen LogP contribution in [0.2, 0.25) is 0 Å². The van der Waals surface area contributed by atoms with Crippen LogP contribution in [0.1, 0.15) is 6.42 Å². The van der Waals surface area contributed by atoms with Crippen LogP contribution in [0, 0.1) is 4.64 Å². The third-order valence-corrected chi connectivity index (χ3v) is 4.60. The molecule has 7 heteroatoms. The Morgan fingerprint density at radius 1 is 1.35 bits per heavy atom. The van der Waals surface area contributed by atoms with Gasteiger partial charge in [-0.25, -0.2) is 4.98 Å². The van der Waals surface area contributed by atoms with Crippen LogP contribution < -0.4 is 5.32 Å². The maximum atomic E-state index is 5.41. The first-order valence-corrected chi connectivity index (χ1v) is 8.25. The fourth-order valence-corrected chi connectivity index (χ4v) is 3.30. The van der Waals surface area contributed by atoms with Crippen molar-refractivity contribution in [3.63, 3.8) is 0 Å². The largest absolute Gasteiger partial charge is 0.379 e. The van der Waals surface area contributed by atoms with Gasteiger partial charge in [0.1, 0.15) is 10.3 Å². The lowest BCUT2D eigenvalue weighted by Gasteiger charge is -2.33. The number of nitrogens with one attached hydrogen (secondary N) is 3. The van der Waals surface area contributed by atoms with Gasteiger partial charge in [-0.15, -0.1) is 0 Å². The molecule has 0 bridgehead atoms. The smallest absolute Gasteiger partial charge is 0.207 e. The summed E-state index contributed by atoms with van der Waals surface area (Å²) in [5, 5.41) is 4.24. The number of hydrogen-bond donors (Lipinski definition) is 3. The summed E-state index contributed by atoms with van der Waals surface area (Å²) in [6.07, 6.45) is 9.41. The van der Waals surface area contributed by atoms with Crippen LogP contribution in [0.5, 0.6) is 0 Å². The predicted molar refractivity (Wildman–Crippen MR) is 92.9 cm³/mol. The lowest BCUT2D eigenvalue weighted by atomic mass is 10.0. The Morgan fingerprint density at radius 2 is 2.22 bits per heavy atom. The maximum Gasteiger partial charge on any atom is 0.207 e. The van der Waals surface area contributed by atoms with Gasteiger partial charge in [-0.05, 0) is 18.6 Å². The molecule has 1 aliphatic carbocycles. The highest BCUT2D eigenvalue weighted by Crippen LogP contribution is 2.19. The molecule has 1 saturated heterocycles. The van der Waals surface area contributed by atoms with Crippen molar-refractivity contribution in [3.8, 4) is 0 Å². The summed E-state index contributed by atoms with van der Waals surface area (Å²) in [5.41, 5.74) is 1.93. The number of morpholine rings is 1. The highest BCUT2D eigenvalue weighted by atomic mass is 32.1. The number of aromatic amines is 2. The van der Waals surface area contributed by atoms with Gasteiger partial charge in [0.2, 0.25) is 5.95 Å². The van der Waals surface area contributed by atoms with E-state index in [1.54, 1.807) is 0 Å². The molecule has 3 heterocycles. The third-order valence-electron chi connectivity index (χ3n) is 4.29. The molecule has 3 N–H and O–H groups in total. The normalized spacial score (nSPS) is 22.3. The number of allylic oxidation sites excluding steroid dienone is 1. The van der Waals surface area contributed by atoms with Crippen molar-refractivity contribution in [2.24, 2.45) is 0 Å². The first-order valence-electron chi connectivity index (χ1n) is 7.84. The molecule has 1 unspecified atom stereocenters. The molecule has 0 saturated carbocycles. The second-order valence-electron chi connectivity index (χ2n) is 5.75. The van der Waals surface area contributed by atoms with E-state index in [1.165, 1.54) is 0 Å². The van der Waals surface area contributed by atoms with E-state index in [0.717, 1.165) is 49.5 Å². The first kappa shape index (κ1) is 14.6. The fourth-order valence-electron chi connectivity index (χ4n) is 3.04. The minimum absolute atomic E-state index is 0.460. The van der Waals surface area contributed by atoms with E-state index in [-0.39, 0.29) is 0 Å². The van der Waals surface area contributed by atoms with Crippen molar-refractivity contribution in [3.05, 3.63) is 40.8 Å². The van der Waals surface area contributed by atoms with E-state index < -0.39 is 0 Å². The summed E-state index contributed by atoms with van der Waals surface area (Å²) in [7, 11) is 0. The van der Waals surface area contributed by atoms with Gasteiger partial charge in [-0.2, -0.15) is 0 Å². The standard InChI is InChI=1S/C16H19N5OS/c23-15-13-5-6-17-14(13)19-16(20-15)18-11-1-3-12(4-2-11)21-7-9-22-10-8-21/h1-3,5-6,12H,4,7-10H2,(H3,17,18,19,20,23). The van der Waals surface area contributed by atoms with Crippen LogP contribution in [0.25, 0.3) is 11.0 Å². The van der Waals surface area contributed by atoms with Gasteiger partial charge in [0.25, 0.3) is 0 Å². The molecule has 2 aromatic heterocycles. The van der Waals surface area contributed by atoms with Crippen molar-refractivity contribution >= 4 is 29.2 Å². The zero-order valence-corrected chi connectivity index (χ0v) is 13.5. The monoisotopic (exact) mass is 329 g/mol. The van der Waals surface area contributed by atoms with Crippen molar-refractivity contribution < 1.29 is 4.74 Å². The number of hydrogen-bond acceptors (Lipinski definition) is 5. The van der Waals surface area contributed by atoms with Gasteiger partial charge < -0.3 is 20.0 Å². The molecule has 2 aliphatic rings. The molecule has 1 fully saturated rings. The molecule has 0 spiro atoms. The van der Waals surface area contributed by atoms with Gasteiger partial charge in [0.05, 0.1) is 18.6 Å². The number of ether oxygens (including phenoxy) is 1. The molecule has 120 valence electrons. The molecule has 6 nitrogen and oxygen atoms in total. The second-order valence-corrected chi connectivity index (χ2v) is 6.14. The van der Waals surface area contributed by atoms with Crippen LogP contribution in [-0.2, 0) is 4.74 Å². The number of H-pyrrole nitrogens is 2. The van der Waals surface area contributed by atoms with Gasteiger partial charge >= 0.3 is 0 Å². The zero-order chi connectivity index (χ0) is 15.6. The number of anilines is 1. The summed E-state index contributed by atoms with van der Waals surface area (Å²) >= 11 is 5.32. The Labute approximate surface area is 139 Å². The molecule has 1 atom stereocenters. The highest BCUT2D eigenvalue weighted by Gasteiger charge is 2.19. The van der Waals surface area contributed by atoms with Crippen molar-refractivity contribution in [2.45, 2.75) is 12.5 Å². The van der Waals surface area contributed by atoms with Crippen LogP contribution in [0.15, 0.2) is 36.2 Å². The summed E-state index contributed by atoms with van der Waals surface area (Å²) in [4.78, 5) is 13.2. The van der Waals surface area contributed by atoms with E-state index >= 15 is 0 Å². The van der Waals surface area contributed by atoms with Gasteiger partial charge in [0, 0.05) is 31.0 Å². The van der Waals surface area contributed by atoms with Gasteiger partial charge in [-0.3, -0.25) is 4.90 Å². The Balaban J connectivity index is 1.46. The van der Waals surface area contributed by atoms with E-state index in [0.29, 0.717) is 16.6 Å². The van der Waals surface area contributed by atoms with Crippen molar-refractivity contribution in [2.75, 3.05) is 31.6 Å². The Morgan fingerprint density at radius 3 is 3.00 bits per heavy atom. The zero-order valence-electron chi connectivity index (χ0n) is 12.7. The number of rotatable bonds is 3. The minimum atomic E-state index is 0.460. The van der Waals surface area contributed by atoms with Gasteiger partial charge in [-0.1, -0.05) is 24.4 Å². The summed E-state index contributed by atoms with van der Waals surface area (Å²) in [5.74, 6) is 0.658. The quantitative estimate of drug-likeness (QED) is 0.755. The number of aromatic nitrogens is 3. The SMILES string of the molecule is S=c1nc(NC2=CCC(N3CCOCC3)C=C2)[nH]c2[nH]ccc12. The Kier molecular flexibility index (Phi) is 3.99. The average molecular weight is 329 g/mol. The third kappa shape index (κ3) is 3.08. The van der Waals surface area contributed by atoms with Crippen molar-refractivity contribution in [1.82, 2.24) is 19.9 Å². The topological polar surface area (TPSA) is 69.0 Å². The molecule has 0 amide bonds. The number of fused-ring (bicyclic) bond motifs is 1. The fraction of sp³-hybridized carbons (Fsp3) is 0.375. The molecule has 0 aromatic carbocycles. The van der Waals surface area contributed by atoms with Crippen molar-refractivity contribution in [1.29, 1.82) is 0 Å². The summed E-state index contributed by atoms with van der Waals surface area (Å²) in [6, 6.07) is 2.39. The summed E-state index contributed by atoms with van der Waals surface area (Å²) < 4.78 is 6.00. The second kappa shape index (κ2) is 6.27. The van der Waals surface area contributed by atoms with Crippen LogP contribution >= 0.6 is 12.2 Å². The average Bonchev–Trinajstić information content (AvgIpc) is 3.05. The van der Waals surface area contributed by atoms with Crippen LogP contribution in [-0.4, -0.2) is 52.2 Å². The van der Waals surface area contributed by atoms with Crippen LogP contribution in [0.4, 0.5) is 5.95 Å². The number of nitrogens with zero attached hydrogens (tertiary/aromatic N) is 2. The maximum absolute atomic E-state index is 5.41. The molecule has 0 radical (unpaired) electrons. The van der Waals surface area contributed by atoms with E-state index in [1.807, 2.05) is 12.3 Å². The van der Waals surface area contributed by atoms with Gasteiger partial charge in [0.15, 0.2) is 0 Å². The first-order chi connectivity index (χ1) is 11.3. The van der Waals surface area contributed by atoms with E-state index in [2.05, 4.69) is 43.4 Å². The lowest BCUT2D eigenvalue weighted by Crippen LogP contribution is -2.43. The van der Waals surface area contributed by atoms with Crippen LogP contribution in [0.3, 0.4) is 0 Å². The Hall–Kier alpha value is -1.96. The summed E-state index contributed by atoms with van der Waals surface area (Å²) in [6.45, 7) is 3.67. The molecular weight excluding hydrogens is 310 g/mol. The van der Waals surface area contributed by atoms with E-state index in [9.17, 15) is 0 Å². The molecule has 4 rings (SSSR count). The predicted octanol–water partition coefficient (Wildman–Crippen LogP) is 2.58. The Bertz CT molecular complexity index is 815. The molecule has 1 aliphatic heterocycles. The lowest BCUT2D eigenvalue weighted by molar-refractivity contribution is 0.0259. The molecular formula is C16H19N5OS. The molecule has 23 heavy (non-hydrogen) atoms. The van der Waals surface area contributed by atoms with E-state index in [4.69, 9.17) is 17.0 Å².